The predicted octanol–water partition coefficient (Wildman–Crippen LogP) is 5.34. The Morgan fingerprint density at radius 2 is 1.85 bits per heavy atom. The van der Waals surface area contributed by atoms with Crippen molar-refractivity contribution in [1.29, 1.82) is 5.26 Å². The van der Waals surface area contributed by atoms with Crippen LogP contribution in [0.1, 0.15) is 16.7 Å². The second kappa shape index (κ2) is 6.99. The topological polar surface area (TPSA) is 33.0 Å². The Balaban J connectivity index is 2.16. The van der Waals surface area contributed by atoms with Crippen molar-refractivity contribution < 1.29 is 4.74 Å². The summed E-state index contributed by atoms with van der Waals surface area (Å²) in [7, 11) is 0. The summed E-state index contributed by atoms with van der Waals surface area (Å²) in [4.78, 5) is 0. The zero-order valence-electron chi connectivity index (χ0n) is 10.4. The van der Waals surface area contributed by atoms with Gasteiger partial charge in [0.15, 0.2) is 0 Å². The first-order chi connectivity index (χ1) is 9.63. The quantitative estimate of drug-likeness (QED) is 0.680. The van der Waals surface area contributed by atoms with E-state index >= 15 is 0 Å². The molecule has 5 heteroatoms. The third kappa shape index (κ3) is 3.67. The fourth-order valence-electron chi connectivity index (χ4n) is 1.71. The number of nitrogens with zero attached hydrogens (tertiary/aromatic N) is 1. The lowest BCUT2D eigenvalue weighted by atomic mass is 10.1. The van der Waals surface area contributed by atoms with Gasteiger partial charge in [-0.2, -0.15) is 5.26 Å². The van der Waals surface area contributed by atoms with E-state index in [0.29, 0.717) is 33.3 Å². The lowest BCUT2D eigenvalue weighted by Gasteiger charge is -2.12. The van der Waals surface area contributed by atoms with Gasteiger partial charge >= 0.3 is 0 Å². The molecule has 0 radical (unpaired) electrons. The maximum Gasteiger partial charge on any atom is 0.142 e. The van der Waals surface area contributed by atoms with E-state index in [1.54, 1.807) is 18.2 Å². The molecule has 2 aromatic rings. The zero-order valence-corrected chi connectivity index (χ0v) is 13.5. The lowest BCUT2D eigenvalue weighted by Crippen LogP contribution is -1.99. The van der Waals surface area contributed by atoms with E-state index in [4.69, 9.17) is 33.2 Å². The monoisotopic (exact) mass is 369 g/mol. The maximum atomic E-state index is 8.75. The Labute approximate surface area is 136 Å². The van der Waals surface area contributed by atoms with E-state index in [9.17, 15) is 0 Å². The summed E-state index contributed by atoms with van der Waals surface area (Å²) in [5.74, 6) is 0.623. The van der Waals surface area contributed by atoms with E-state index in [1.807, 2.05) is 18.2 Å². The van der Waals surface area contributed by atoms with Crippen LogP contribution in [0.4, 0.5) is 0 Å². The highest BCUT2D eigenvalue weighted by Crippen LogP contribution is 2.34. The number of hydrogen-bond donors (Lipinski definition) is 0. The number of hydrogen-bond acceptors (Lipinski definition) is 2. The summed E-state index contributed by atoms with van der Waals surface area (Å²) in [6.07, 6.45) is 0. The predicted molar refractivity (Wildman–Crippen MR) is 84.6 cm³/mol. The van der Waals surface area contributed by atoms with Crippen molar-refractivity contribution >= 4 is 39.1 Å². The third-order valence-corrected chi connectivity index (χ3v) is 3.80. The molecule has 0 aromatic heterocycles. The van der Waals surface area contributed by atoms with Crippen LogP contribution in [0, 0.1) is 11.3 Å². The molecule has 0 bridgehead atoms. The van der Waals surface area contributed by atoms with E-state index in [1.165, 1.54) is 0 Å². The van der Waals surface area contributed by atoms with Crippen LogP contribution in [0.2, 0.25) is 10.0 Å². The van der Waals surface area contributed by atoms with Crippen molar-refractivity contribution in [2.45, 2.75) is 11.9 Å². The number of halogens is 3. The number of nitriles is 1. The largest absolute Gasteiger partial charge is 0.487 e. The number of alkyl halides is 1. The van der Waals surface area contributed by atoms with Crippen molar-refractivity contribution in [2.24, 2.45) is 0 Å². The Kier molecular flexibility index (Phi) is 5.31. The molecule has 102 valence electrons. The molecule has 20 heavy (non-hydrogen) atoms. The van der Waals surface area contributed by atoms with Gasteiger partial charge in [-0.25, -0.2) is 0 Å². The standard InChI is InChI=1S/C15H10BrCl2NO/c16-7-12-5-13(17)6-14(18)15(12)20-9-11-3-1-10(8-19)2-4-11/h1-6H,7,9H2. The molecule has 0 saturated heterocycles. The molecule has 0 spiro atoms. The molecule has 0 atom stereocenters. The van der Waals surface area contributed by atoms with Gasteiger partial charge in [0, 0.05) is 15.9 Å². The first kappa shape index (κ1) is 15.2. The van der Waals surface area contributed by atoms with Crippen LogP contribution in [0.3, 0.4) is 0 Å². The second-order valence-electron chi connectivity index (χ2n) is 4.11. The van der Waals surface area contributed by atoms with E-state index in [0.717, 1.165) is 11.1 Å². The number of rotatable bonds is 4. The van der Waals surface area contributed by atoms with Gasteiger partial charge in [0.1, 0.15) is 12.4 Å². The average molecular weight is 371 g/mol. The van der Waals surface area contributed by atoms with E-state index < -0.39 is 0 Å². The van der Waals surface area contributed by atoms with Crippen LogP contribution in [-0.2, 0) is 11.9 Å². The second-order valence-corrected chi connectivity index (χ2v) is 5.51. The van der Waals surface area contributed by atoms with Crippen LogP contribution in [-0.4, -0.2) is 0 Å². The van der Waals surface area contributed by atoms with E-state index in [-0.39, 0.29) is 0 Å². The molecule has 0 aliphatic heterocycles. The molecule has 2 rings (SSSR count). The fraction of sp³-hybridized carbons (Fsp3) is 0.133. The first-order valence-electron chi connectivity index (χ1n) is 5.79. The van der Waals surface area contributed by atoms with Gasteiger partial charge in [-0.05, 0) is 29.8 Å². The summed E-state index contributed by atoms with van der Waals surface area (Å²) in [5, 5.41) is 10.4. The smallest absolute Gasteiger partial charge is 0.142 e. The van der Waals surface area contributed by atoms with Crippen LogP contribution >= 0.6 is 39.1 Å². The van der Waals surface area contributed by atoms with Gasteiger partial charge in [0.05, 0.1) is 16.7 Å². The Bertz CT molecular complexity index is 650. The van der Waals surface area contributed by atoms with Gasteiger partial charge in [-0.3, -0.25) is 0 Å². The van der Waals surface area contributed by atoms with Crippen LogP contribution in [0.15, 0.2) is 36.4 Å². The van der Waals surface area contributed by atoms with Gasteiger partial charge in [-0.15, -0.1) is 0 Å². The minimum Gasteiger partial charge on any atom is -0.487 e. The van der Waals surface area contributed by atoms with Crippen molar-refractivity contribution in [3.63, 3.8) is 0 Å². The highest BCUT2D eigenvalue weighted by Gasteiger charge is 2.10. The number of benzene rings is 2. The number of ether oxygens (including phenoxy) is 1. The Hall–Kier alpha value is -1.21. The molecule has 2 aromatic carbocycles. The molecule has 0 heterocycles. The highest BCUT2D eigenvalue weighted by molar-refractivity contribution is 9.08. The van der Waals surface area contributed by atoms with E-state index in [2.05, 4.69) is 22.0 Å². The van der Waals surface area contributed by atoms with Gasteiger partial charge in [-0.1, -0.05) is 51.3 Å². The fourth-order valence-corrected chi connectivity index (χ4v) is 2.71. The summed E-state index contributed by atoms with van der Waals surface area (Å²) >= 11 is 15.5. The Morgan fingerprint density at radius 3 is 2.45 bits per heavy atom. The zero-order chi connectivity index (χ0) is 14.5. The van der Waals surface area contributed by atoms with Crippen LogP contribution in [0.5, 0.6) is 5.75 Å². The molecular formula is C15H10BrCl2NO. The molecule has 0 N–H and O–H groups in total. The highest BCUT2D eigenvalue weighted by atomic mass is 79.9. The van der Waals surface area contributed by atoms with Crippen LogP contribution in [0.25, 0.3) is 0 Å². The molecule has 0 saturated carbocycles. The van der Waals surface area contributed by atoms with Gasteiger partial charge < -0.3 is 4.74 Å². The molecular weight excluding hydrogens is 361 g/mol. The molecule has 0 fully saturated rings. The van der Waals surface area contributed by atoms with Crippen molar-refractivity contribution in [3.05, 3.63) is 63.1 Å². The lowest BCUT2D eigenvalue weighted by molar-refractivity contribution is 0.304. The maximum absolute atomic E-state index is 8.75. The summed E-state index contributed by atoms with van der Waals surface area (Å²) in [6, 6.07) is 12.8. The Morgan fingerprint density at radius 1 is 1.15 bits per heavy atom. The van der Waals surface area contributed by atoms with Crippen molar-refractivity contribution in [1.82, 2.24) is 0 Å². The third-order valence-electron chi connectivity index (χ3n) is 2.70. The first-order valence-corrected chi connectivity index (χ1v) is 7.67. The normalized spacial score (nSPS) is 10.1. The van der Waals surface area contributed by atoms with Gasteiger partial charge in [0.25, 0.3) is 0 Å². The van der Waals surface area contributed by atoms with Crippen molar-refractivity contribution in [2.75, 3.05) is 0 Å². The summed E-state index contributed by atoms with van der Waals surface area (Å²) in [5.41, 5.74) is 2.49. The molecule has 0 amide bonds. The molecule has 0 aliphatic rings. The van der Waals surface area contributed by atoms with Crippen LogP contribution < -0.4 is 4.74 Å². The summed E-state index contributed by atoms with van der Waals surface area (Å²) in [6.45, 7) is 0.382. The summed E-state index contributed by atoms with van der Waals surface area (Å²) < 4.78 is 5.77. The SMILES string of the molecule is N#Cc1ccc(COc2c(Cl)cc(Cl)cc2CBr)cc1. The minimum absolute atomic E-state index is 0.382. The van der Waals surface area contributed by atoms with Gasteiger partial charge in [0.2, 0.25) is 0 Å². The van der Waals surface area contributed by atoms with Crippen molar-refractivity contribution in [3.8, 4) is 11.8 Å². The molecule has 0 aliphatic carbocycles. The molecule has 2 nitrogen and oxygen atoms in total. The average Bonchev–Trinajstić information content (AvgIpc) is 2.46. The molecule has 0 unspecified atom stereocenters. The minimum atomic E-state index is 0.382.